The highest BCUT2D eigenvalue weighted by Gasteiger charge is 2.45. The monoisotopic (exact) mass is 467 g/mol. The van der Waals surface area contributed by atoms with E-state index in [0.717, 1.165) is 12.0 Å². The number of nitrogens with zero attached hydrogens (tertiary/aromatic N) is 1. The number of carboxylic acid groups (broad SMARTS) is 1. The number of carboxylic acids is 1. The summed E-state index contributed by atoms with van der Waals surface area (Å²) >= 11 is 0. The van der Waals surface area contributed by atoms with Crippen molar-refractivity contribution in [2.75, 3.05) is 17.2 Å². The van der Waals surface area contributed by atoms with Gasteiger partial charge in [0.1, 0.15) is 23.7 Å². The van der Waals surface area contributed by atoms with Gasteiger partial charge in [0.25, 0.3) is 0 Å². The van der Waals surface area contributed by atoms with Gasteiger partial charge in [-0.3, -0.25) is 4.79 Å². The van der Waals surface area contributed by atoms with E-state index in [1.807, 2.05) is 0 Å². The minimum absolute atomic E-state index is 0.00510. The third-order valence-electron chi connectivity index (χ3n) is 5.92. The van der Waals surface area contributed by atoms with Crippen molar-refractivity contribution in [2.24, 2.45) is 5.41 Å². The van der Waals surface area contributed by atoms with Crippen LogP contribution in [0.25, 0.3) is 11.1 Å². The number of ether oxygens (including phenoxy) is 1. The number of halogens is 2. The van der Waals surface area contributed by atoms with Gasteiger partial charge in [-0.25, -0.2) is 18.6 Å². The molecule has 9 heteroatoms. The van der Waals surface area contributed by atoms with Gasteiger partial charge in [0.05, 0.1) is 11.4 Å². The Kier molecular flexibility index (Phi) is 6.45. The zero-order valence-corrected chi connectivity index (χ0v) is 18.4. The first kappa shape index (κ1) is 23.2. The Morgan fingerprint density at radius 3 is 2.35 bits per heavy atom. The number of benzene rings is 2. The number of hydrogen-bond donors (Lipinski definition) is 3. The van der Waals surface area contributed by atoms with Gasteiger partial charge in [-0.15, -0.1) is 0 Å². The summed E-state index contributed by atoms with van der Waals surface area (Å²) in [4.78, 5) is 27.8. The molecule has 1 saturated carbocycles. The molecule has 1 heterocycles. The number of urea groups is 1. The molecule has 34 heavy (non-hydrogen) atoms. The lowest BCUT2D eigenvalue weighted by Gasteiger charge is -2.36. The number of hydrogen-bond acceptors (Lipinski definition) is 4. The summed E-state index contributed by atoms with van der Waals surface area (Å²) < 4.78 is 34.0. The van der Waals surface area contributed by atoms with Crippen molar-refractivity contribution in [1.82, 2.24) is 4.98 Å². The van der Waals surface area contributed by atoms with Crippen LogP contribution in [0.5, 0.6) is 5.88 Å². The van der Waals surface area contributed by atoms with Crippen molar-refractivity contribution in [1.29, 1.82) is 0 Å². The Hall–Kier alpha value is -4.01. The van der Waals surface area contributed by atoms with Crippen molar-refractivity contribution in [3.63, 3.8) is 0 Å². The molecule has 1 aromatic heterocycles. The first-order valence-corrected chi connectivity index (χ1v) is 10.7. The molecule has 7 nitrogen and oxygen atoms in total. The van der Waals surface area contributed by atoms with Crippen LogP contribution in [0.3, 0.4) is 0 Å². The largest absolute Gasteiger partial charge is 0.481 e. The molecule has 0 bridgehead atoms. The van der Waals surface area contributed by atoms with Gasteiger partial charge in [0.2, 0.25) is 5.88 Å². The van der Waals surface area contributed by atoms with Gasteiger partial charge < -0.3 is 20.5 Å². The summed E-state index contributed by atoms with van der Waals surface area (Å²) in [6.45, 7) is 1.81. The maximum atomic E-state index is 14.6. The molecule has 1 fully saturated rings. The molecular formula is C25H23F2N3O4. The molecular weight excluding hydrogens is 444 g/mol. The maximum absolute atomic E-state index is 14.6. The molecule has 0 aliphatic heterocycles. The van der Waals surface area contributed by atoms with Crippen molar-refractivity contribution in [2.45, 2.75) is 26.2 Å². The number of pyridine rings is 1. The number of amides is 2. The molecule has 2 amide bonds. The lowest BCUT2D eigenvalue weighted by atomic mass is 9.69. The second kappa shape index (κ2) is 9.46. The molecule has 3 N–H and O–H groups in total. The minimum Gasteiger partial charge on any atom is -0.481 e. The molecule has 1 aliphatic rings. The van der Waals surface area contributed by atoms with Gasteiger partial charge in [-0.1, -0.05) is 18.6 Å². The molecule has 0 saturated heterocycles. The topological polar surface area (TPSA) is 101 Å². The van der Waals surface area contributed by atoms with Gasteiger partial charge >= 0.3 is 12.0 Å². The molecule has 0 radical (unpaired) electrons. The normalized spacial score (nSPS) is 14.1. The van der Waals surface area contributed by atoms with E-state index in [1.54, 1.807) is 31.2 Å². The number of aromatic nitrogens is 1. The second-order valence-electron chi connectivity index (χ2n) is 8.37. The number of anilines is 2. The second-order valence-corrected chi connectivity index (χ2v) is 8.37. The predicted molar refractivity (Wildman–Crippen MR) is 123 cm³/mol. The van der Waals surface area contributed by atoms with Gasteiger partial charge in [0, 0.05) is 17.8 Å². The number of aliphatic carboxylic acids is 1. The maximum Gasteiger partial charge on any atom is 0.323 e. The quantitative estimate of drug-likeness (QED) is 0.419. The predicted octanol–water partition coefficient (Wildman–Crippen LogP) is 5.61. The van der Waals surface area contributed by atoms with Crippen LogP contribution in [-0.2, 0) is 4.79 Å². The van der Waals surface area contributed by atoms with Crippen LogP contribution < -0.4 is 15.4 Å². The smallest absolute Gasteiger partial charge is 0.323 e. The zero-order chi connectivity index (χ0) is 24.3. The van der Waals surface area contributed by atoms with Crippen molar-refractivity contribution >= 4 is 23.4 Å². The third-order valence-corrected chi connectivity index (χ3v) is 5.92. The van der Waals surface area contributed by atoms with Crippen molar-refractivity contribution in [3.05, 3.63) is 71.9 Å². The fraction of sp³-hybridized carbons (Fsp3) is 0.240. The fourth-order valence-electron chi connectivity index (χ4n) is 3.68. The highest BCUT2D eigenvalue weighted by atomic mass is 19.1. The Morgan fingerprint density at radius 2 is 1.74 bits per heavy atom. The van der Waals surface area contributed by atoms with Crippen LogP contribution >= 0.6 is 0 Å². The highest BCUT2D eigenvalue weighted by molar-refractivity contribution is 6.00. The summed E-state index contributed by atoms with van der Waals surface area (Å²) in [6, 6.07) is 11.0. The summed E-state index contributed by atoms with van der Waals surface area (Å²) in [6.07, 6.45) is 3.53. The molecule has 2 aromatic carbocycles. The van der Waals surface area contributed by atoms with E-state index in [0.29, 0.717) is 24.0 Å². The Morgan fingerprint density at radius 1 is 1.00 bits per heavy atom. The summed E-state index contributed by atoms with van der Waals surface area (Å²) in [5, 5.41) is 14.1. The Bertz CT molecular complexity index is 1230. The van der Waals surface area contributed by atoms with E-state index in [1.165, 1.54) is 30.5 Å². The average molecular weight is 467 g/mol. The van der Waals surface area contributed by atoms with E-state index < -0.39 is 29.0 Å². The van der Waals surface area contributed by atoms with E-state index in [-0.39, 0.29) is 23.9 Å². The summed E-state index contributed by atoms with van der Waals surface area (Å²) in [5.74, 6) is -1.85. The fourth-order valence-corrected chi connectivity index (χ4v) is 3.68. The number of aryl methyl sites for hydroxylation is 1. The lowest BCUT2D eigenvalue weighted by Crippen LogP contribution is -2.43. The van der Waals surface area contributed by atoms with Gasteiger partial charge in [-0.2, -0.15) is 0 Å². The van der Waals surface area contributed by atoms with E-state index >= 15 is 0 Å². The summed E-state index contributed by atoms with van der Waals surface area (Å²) in [7, 11) is 0. The van der Waals surface area contributed by atoms with Crippen molar-refractivity contribution < 1.29 is 28.2 Å². The van der Waals surface area contributed by atoms with Crippen molar-refractivity contribution in [3.8, 4) is 17.0 Å². The first-order chi connectivity index (χ1) is 16.3. The standard InChI is InChI=1S/C25H23F2N3O4/c1-15-3-6-18(26)21(11-15)30-24(33)29-20-7-4-16(12-19(20)27)17-5-8-22(28-13-17)34-14-25(23(31)32)9-2-10-25/h3-8,11-13H,2,9-10,14H2,1H3,(H,31,32)(H2,29,30,33). The van der Waals surface area contributed by atoms with Crippen LogP contribution in [0.2, 0.25) is 0 Å². The van der Waals surface area contributed by atoms with Crippen LogP contribution in [0.15, 0.2) is 54.7 Å². The molecule has 176 valence electrons. The Balaban J connectivity index is 1.39. The molecule has 0 unspecified atom stereocenters. The minimum atomic E-state index is -0.864. The summed E-state index contributed by atoms with van der Waals surface area (Å²) in [5.41, 5.74) is 0.982. The number of carbonyl (C=O) groups excluding carboxylic acids is 1. The van der Waals surface area contributed by atoms with Crippen LogP contribution in [0, 0.1) is 24.0 Å². The third kappa shape index (κ3) is 4.98. The molecule has 3 aromatic rings. The van der Waals surface area contributed by atoms with Crippen LogP contribution in [-0.4, -0.2) is 28.7 Å². The molecule has 4 rings (SSSR count). The number of nitrogens with one attached hydrogen (secondary N) is 2. The lowest BCUT2D eigenvalue weighted by molar-refractivity contribution is -0.157. The molecule has 0 spiro atoms. The van der Waals surface area contributed by atoms with E-state index in [2.05, 4.69) is 15.6 Å². The Labute approximate surface area is 194 Å². The van der Waals surface area contributed by atoms with Crippen LogP contribution in [0.1, 0.15) is 24.8 Å². The zero-order valence-electron chi connectivity index (χ0n) is 18.4. The van der Waals surface area contributed by atoms with Gasteiger partial charge in [-0.05, 0) is 61.2 Å². The van der Waals surface area contributed by atoms with E-state index in [4.69, 9.17) is 4.74 Å². The van der Waals surface area contributed by atoms with Gasteiger partial charge in [0.15, 0.2) is 0 Å². The molecule has 0 atom stereocenters. The average Bonchev–Trinajstić information content (AvgIpc) is 2.77. The van der Waals surface area contributed by atoms with E-state index in [9.17, 15) is 23.5 Å². The number of rotatable bonds is 7. The first-order valence-electron chi connectivity index (χ1n) is 10.7. The number of carbonyl (C=O) groups is 2. The SMILES string of the molecule is Cc1ccc(F)c(NC(=O)Nc2ccc(-c3ccc(OCC4(C(=O)O)CCC4)nc3)cc2F)c1. The molecule has 1 aliphatic carbocycles. The van der Waals surface area contributed by atoms with Crippen LogP contribution in [0.4, 0.5) is 25.0 Å². The highest BCUT2D eigenvalue weighted by Crippen LogP contribution is 2.41.